The highest BCUT2D eigenvalue weighted by molar-refractivity contribution is 5.65. The Morgan fingerprint density at radius 1 is 1.59 bits per heavy atom. The maximum atomic E-state index is 13.6. The number of benzene rings is 1. The Hall–Kier alpha value is -1.66. The summed E-state index contributed by atoms with van der Waals surface area (Å²) in [6.45, 7) is 3.59. The molecule has 1 fully saturated rings. The van der Waals surface area contributed by atoms with Gasteiger partial charge >= 0.3 is 6.09 Å². The van der Waals surface area contributed by atoms with E-state index in [1.54, 1.807) is 6.07 Å². The minimum absolute atomic E-state index is 0.0110. The third-order valence-electron chi connectivity index (χ3n) is 4.12. The summed E-state index contributed by atoms with van der Waals surface area (Å²) >= 11 is 0. The van der Waals surface area contributed by atoms with Crippen LogP contribution in [0, 0.1) is 18.7 Å². The molecule has 1 saturated heterocycles. The zero-order chi connectivity index (χ0) is 16.1. The standard InChI is InChI=1S/C16H23FN2O3/c1-11-4-5-13(17)9-14(11)15(22-8-6-18)12-3-2-7-19(10-12)16(20)21/h4-5,9,12,15H,2-3,6-8,10,18H2,1H3,(H,20,21). The maximum absolute atomic E-state index is 13.6. The molecule has 2 unspecified atom stereocenters. The first-order chi connectivity index (χ1) is 10.5. The van der Waals surface area contributed by atoms with Crippen molar-refractivity contribution in [2.75, 3.05) is 26.2 Å². The normalized spacial score (nSPS) is 20.0. The molecule has 1 heterocycles. The Kier molecular flexibility index (Phi) is 5.74. The number of likely N-dealkylation sites (tertiary alicyclic amines) is 1. The third-order valence-corrected chi connectivity index (χ3v) is 4.12. The molecular formula is C16H23FN2O3. The Morgan fingerprint density at radius 3 is 3.05 bits per heavy atom. The third kappa shape index (κ3) is 3.96. The number of rotatable bonds is 5. The molecular weight excluding hydrogens is 287 g/mol. The van der Waals surface area contributed by atoms with Crippen molar-refractivity contribution in [1.29, 1.82) is 0 Å². The highest BCUT2D eigenvalue weighted by atomic mass is 19.1. The minimum Gasteiger partial charge on any atom is -0.465 e. The van der Waals surface area contributed by atoms with Crippen molar-refractivity contribution in [1.82, 2.24) is 4.90 Å². The van der Waals surface area contributed by atoms with E-state index in [1.807, 2.05) is 6.92 Å². The molecule has 1 aromatic rings. The lowest BCUT2D eigenvalue weighted by Gasteiger charge is -2.36. The summed E-state index contributed by atoms with van der Waals surface area (Å²) in [6.07, 6.45) is 0.391. The van der Waals surface area contributed by atoms with Crippen LogP contribution < -0.4 is 5.73 Å². The Bertz CT molecular complexity index is 524. The number of hydrogen-bond acceptors (Lipinski definition) is 3. The number of carbonyl (C=O) groups is 1. The predicted molar refractivity (Wildman–Crippen MR) is 81.2 cm³/mol. The summed E-state index contributed by atoms with van der Waals surface area (Å²) in [4.78, 5) is 12.6. The Labute approximate surface area is 129 Å². The molecule has 5 nitrogen and oxygen atoms in total. The lowest BCUT2D eigenvalue weighted by Crippen LogP contribution is -2.41. The van der Waals surface area contributed by atoms with Gasteiger partial charge in [-0.05, 0) is 43.0 Å². The average Bonchev–Trinajstić information content (AvgIpc) is 2.51. The fourth-order valence-corrected chi connectivity index (χ4v) is 3.02. The van der Waals surface area contributed by atoms with Gasteiger partial charge in [-0.25, -0.2) is 9.18 Å². The van der Waals surface area contributed by atoms with Gasteiger partial charge in [-0.1, -0.05) is 6.07 Å². The first kappa shape index (κ1) is 16.7. The fraction of sp³-hybridized carbons (Fsp3) is 0.562. The van der Waals surface area contributed by atoms with Crippen LogP contribution in [0.4, 0.5) is 9.18 Å². The van der Waals surface area contributed by atoms with Crippen molar-refractivity contribution < 1.29 is 19.0 Å². The number of ether oxygens (including phenoxy) is 1. The van der Waals surface area contributed by atoms with Gasteiger partial charge in [-0.3, -0.25) is 0 Å². The predicted octanol–water partition coefficient (Wildman–Crippen LogP) is 2.54. The monoisotopic (exact) mass is 310 g/mol. The van der Waals surface area contributed by atoms with Gasteiger partial charge in [-0.15, -0.1) is 0 Å². The fourth-order valence-electron chi connectivity index (χ4n) is 3.02. The molecule has 22 heavy (non-hydrogen) atoms. The summed E-state index contributed by atoms with van der Waals surface area (Å²) in [5.41, 5.74) is 7.25. The zero-order valence-electron chi connectivity index (χ0n) is 12.8. The van der Waals surface area contributed by atoms with E-state index in [2.05, 4.69) is 0 Å². The minimum atomic E-state index is -0.918. The largest absolute Gasteiger partial charge is 0.465 e. The van der Waals surface area contributed by atoms with Gasteiger partial charge in [0.05, 0.1) is 12.7 Å². The van der Waals surface area contributed by atoms with E-state index in [4.69, 9.17) is 10.5 Å². The van der Waals surface area contributed by atoms with Crippen molar-refractivity contribution in [3.05, 3.63) is 35.1 Å². The molecule has 0 radical (unpaired) electrons. The first-order valence-electron chi connectivity index (χ1n) is 7.58. The summed E-state index contributed by atoms with van der Waals surface area (Å²) < 4.78 is 19.5. The molecule has 1 amide bonds. The first-order valence-corrected chi connectivity index (χ1v) is 7.58. The number of nitrogens with zero attached hydrogens (tertiary/aromatic N) is 1. The molecule has 3 N–H and O–H groups in total. The van der Waals surface area contributed by atoms with Crippen molar-refractivity contribution in [2.24, 2.45) is 11.7 Å². The summed E-state index contributed by atoms with van der Waals surface area (Å²) in [5.74, 6) is -0.301. The quantitative estimate of drug-likeness (QED) is 0.876. The van der Waals surface area contributed by atoms with Crippen molar-refractivity contribution in [3.8, 4) is 0 Å². The van der Waals surface area contributed by atoms with Crippen LogP contribution in [0.25, 0.3) is 0 Å². The van der Waals surface area contributed by atoms with E-state index in [0.29, 0.717) is 26.2 Å². The molecule has 1 aliphatic rings. The van der Waals surface area contributed by atoms with Crippen LogP contribution in [0.2, 0.25) is 0 Å². The number of carboxylic acid groups (broad SMARTS) is 1. The molecule has 0 saturated carbocycles. The maximum Gasteiger partial charge on any atom is 0.407 e. The lowest BCUT2D eigenvalue weighted by molar-refractivity contribution is -0.0102. The Balaban J connectivity index is 2.25. The molecule has 1 aromatic carbocycles. The molecule has 0 spiro atoms. The number of piperidine rings is 1. The molecule has 2 rings (SSSR count). The molecule has 1 aliphatic heterocycles. The number of aryl methyl sites for hydroxylation is 1. The molecule has 0 aromatic heterocycles. The van der Waals surface area contributed by atoms with Crippen LogP contribution in [-0.4, -0.2) is 42.3 Å². The van der Waals surface area contributed by atoms with Crippen LogP contribution in [0.15, 0.2) is 18.2 Å². The second kappa shape index (κ2) is 7.56. The van der Waals surface area contributed by atoms with Crippen molar-refractivity contribution in [2.45, 2.75) is 25.9 Å². The molecule has 2 atom stereocenters. The lowest BCUT2D eigenvalue weighted by atomic mass is 9.86. The van der Waals surface area contributed by atoms with Gasteiger partial charge < -0.3 is 20.5 Å². The van der Waals surface area contributed by atoms with Gasteiger partial charge in [0, 0.05) is 25.6 Å². The average molecular weight is 310 g/mol. The number of nitrogens with two attached hydrogens (primary N) is 1. The highest BCUT2D eigenvalue weighted by Gasteiger charge is 2.31. The topological polar surface area (TPSA) is 75.8 Å². The van der Waals surface area contributed by atoms with Gasteiger partial charge in [0.25, 0.3) is 0 Å². The number of halogens is 1. The van der Waals surface area contributed by atoms with E-state index in [-0.39, 0.29) is 17.8 Å². The van der Waals surface area contributed by atoms with Crippen LogP contribution >= 0.6 is 0 Å². The summed E-state index contributed by atoms with van der Waals surface area (Å²) in [5, 5.41) is 9.19. The van der Waals surface area contributed by atoms with Crippen LogP contribution in [0.3, 0.4) is 0 Å². The van der Waals surface area contributed by atoms with Gasteiger partial charge in [0.2, 0.25) is 0 Å². The van der Waals surface area contributed by atoms with E-state index in [9.17, 15) is 14.3 Å². The van der Waals surface area contributed by atoms with Gasteiger partial charge in [0.15, 0.2) is 0 Å². The smallest absolute Gasteiger partial charge is 0.407 e. The van der Waals surface area contributed by atoms with E-state index in [0.717, 1.165) is 24.0 Å². The summed E-state index contributed by atoms with van der Waals surface area (Å²) in [7, 11) is 0. The number of amides is 1. The van der Waals surface area contributed by atoms with E-state index >= 15 is 0 Å². The van der Waals surface area contributed by atoms with Crippen LogP contribution in [0.5, 0.6) is 0 Å². The molecule has 6 heteroatoms. The van der Waals surface area contributed by atoms with Crippen LogP contribution in [-0.2, 0) is 4.74 Å². The van der Waals surface area contributed by atoms with Crippen molar-refractivity contribution >= 4 is 6.09 Å². The zero-order valence-corrected chi connectivity index (χ0v) is 12.8. The Morgan fingerprint density at radius 2 is 2.36 bits per heavy atom. The number of hydrogen-bond donors (Lipinski definition) is 2. The molecule has 0 bridgehead atoms. The van der Waals surface area contributed by atoms with Crippen LogP contribution in [0.1, 0.15) is 30.1 Å². The van der Waals surface area contributed by atoms with Gasteiger partial charge in [-0.2, -0.15) is 0 Å². The second-order valence-corrected chi connectivity index (χ2v) is 5.71. The van der Waals surface area contributed by atoms with Gasteiger partial charge in [0.1, 0.15) is 5.82 Å². The van der Waals surface area contributed by atoms with E-state index in [1.165, 1.54) is 17.0 Å². The SMILES string of the molecule is Cc1ccc(F)cc1C(OCCN)C1CCCN(C(=O)O)C1. The molecule has 0 aliphatic carbocycles. The van der Waals surface area contributed by atoms with E-state index < -0.39 is 6.09 Å². The second-order valence-electron chi connectivity index (χ2n) is 5.71. The summed E-state index contributed by atoms with van der Waals surface area (Å²) in [6, 6.07) is 4.63. The highest BCUT2D eigenvalue weighted by Crippen LogP contribution is 2.34. The molecule has 122 valence electrons. The van der Waals surface area contributed by atoms with Crippen molar-refractivity contribution in [3.63, 3.8) is 0 Å².